The van der Waals surface area contributed by atoms with Gasteiger partial charge in [-0.1, -0.05) is 7.43 Å². The first-order valence-electron chi connectivity index (χ1n) is 2.36. The zero-order chi connectivity index (χ0) is 8.57. The van der Waals surface area contributed by atoms with Gasteiger partial charge in [-0.05, 0) is 0 Å². The van der Waals surface area contributed by atoms with Crippen LogP contribution >= 0.6 is 0 Å². The molecule has 6 nitrogen and oxygen atoms in total. The molecule has 0 rings (SSSR count). The Morgan fingerprint density at radius 2 is 1.08 bits per heavy atom. The van der Waals surface area contributed by atoms with Crippen molar-refractivity contribution < 1.29 is 52.5 Å². The van der Waals surface area contributed by atoms with E-state index in [2.05, 4.69) is 0 Å². The zero-order valence-corrected chi connectivity index (χ0v) is 9.13. The van der Waals surface area contributed by atoms with Gasteiger partial charge in [-0.2, -0.15) is 0 Å². The second-order valence-corrected chi connectivity index (χ2v) is 1.11. The number of carboxylic acid groups (broad SMARTS) is 2. The van der Waals surface area contributed by atoms with Crippen molar-refractivity contribution in [3.63, 3.8) is 0 Å². The summed E-state index contributed by atoms with van der Waals surface area (Å²) >= 11 is 0. The molecule has 0 atom stereocenters. The summed E-state index contributed by atoms with van der Waals surface area (Å²) in [5.41, 5.74) is 0. The minimum absolute atomic E-state index is 0. The van der Waals surface area contributed by atoms with Gasteiger partial charge >= 0.3 is 12.2 Å². The van der Waals surface area contributed by atoms with E-state index in [4.69, 9.17) is 10.2 Å². The Hall–Kier alpha value is -0.356. The van der Waals surface area contributed by atoms with E-state index in [1.165, 1.54) is 14.1 Å². The van der Waals surface area contributed by atoms with Crippen LogP contribution in [0.1, 0.15) is 7.43 Å². The predicted octanol–water partition coefficient (Wildman–Crippen LogP) is 0.401. The van der Waals surface area contributed by atoms with Crippen molar-refractivity contribution in [1.29, 1.82) is 0 Å². The summed E-state index contributed by atoms with van der Waals surface area (Å²) in [5, 5.41) is 19.1. The number of rotatable bonds is 0. The monoisotopic (exact) mass is 255 g/mol. The summed E-state index contributed by atoms with van der Waals surface area (Å²) in [7, 11) is 2.70. The first kappa shape index (κ1) is 22.6. The standard InChI is InChI=1S/2C2H5NO2.CH4.Y/c2*1-3-2(4)5;;/h2*3H,1H3,(H,4,5);1H4;. The Labute approximate surface area is 96.6 Å². The van der Waals surface area contributed by atoms with Crippen LogP contribution in [0.4, 0.5) is 9.59 Å². The van der Waals surface area contributed by atoms with E-state index in [9.17, 15) is 9.59 Å². The van der Waals surface area contributed by atoms with Crippen molar-refractivity contribution in [3.05, 3.63) is 0 Å². The molecule has 0 fully saturated rings. The quantitative estimate of drug-likeness (QED) is 0.503. The Morgan fingerprint density at radius 1 is 1.00 bits per heavy atom. The van der Waals surface area contributed by atoms with E-state index in [-0.39, 0.29) is 40.1 Å². The van der Waals surface area contributed by atoms with E-state index in [1.54, 1.807) is 0 Å². The number of amides is 2. The Balaban J connectivity index is -0.0000000457. The fourth-order valence-corrected chi connectivity index (χ4v) is 0. The molecule has 0 saturated carbocycles. The minimum atomic E-state index is -0.995. The van der Waals surface area contributed by atoms with Crippen LogP contribution < -0.4 is 10.6 Å². The van der Waals surface area contributed by atoms with Gasteiger partial charge in [0.2, 0.25) is 0 Å². The van der Waals surface area contributed by atoms with Gasteiger partial charge in [0.15, 0.2) is 0 Å². The van der Waals surface area contributed by atoms with Crippen LogP contribution in [-0.4, -0.2) is 36.5 Å². The van der Waals surface area contributed by atoms with Crippen molar-refractivity contribution in [2.75, 3.05) is 14.1 Å². The molecule has 0 heterocycles. The summed E-state index contributed by atoms with van der Waals surface area (Å²) in [4.78, 5) is 18.5. The SMILES string of the molecule is C.CNC(=O)O.CNC(=O)O.[Y]. The molecule has 0 aliphatic heterocycles. The fraction of sp³-hybridized carbons (Fsp3) is 0.600. The van der Waals surface area contributed by atoms with Crippen molar-refractivity contribution in [3.8, 4) is 0 Å². The predicted molar refractivity (Wildman–Crippen MR) is 40.9 cm³/mol. The van der Waals surface area contributed by atoms with E-state index >= 15 is 0 Å². The zero-order valence-electron chi connectivity index (χ0n) is 6.29. The van der Waals surface area contributed by atoms with Crippen LogP contribution in [0, 0.1) is 0 Å². The number of nitrogens with one attached hydrogen (secondary N) is 2. The van der Waals surface area contributed by atoms with Gasteiger partial charge in [0, 0.05) is 46.8 Å². The molecule has 0 aromatic carbocycles. The molecule has 71 valence electrons. The summed E-state index contributed by atoms with van der Waals surface area (Å²) < 4.78 is 0. The summed E-state index contributed by atoms with van der Waals surface area (Å²) in [6.45, 7) is 0. The third kappa shape index (κ3) is 54.3. The Kier molecular flexibility index (Phi) is 31.9. The first-order chi connectivity index (χ1) is 4.54. The molecule has 4 N–H and O–H groups in total. The van der Waals surface area contributed by atoms with Crippen LogP contribution in [-0.2, 0) is 32.7 Å². The van der Waals surface area contributed by atoms with E-state index < -0.39 is 12.2 Å². The molecule has 0 saturated heterocycles. The third-order valence-corrected chi connectivity index (χ3v) is 0.428. The maximum Gasteiger partial charge on any atom is 0.404 e. The third-order valence-electron chi connectivity index (χ3n) is 0.428. The number of hydrogen-bond acceptors (Lipinski definition) is 2. The average molecular weight is 255 g/mol. The molecule has 0 aromatic heterocycles. The Morgan fingerprint density at radius 3 is 1.08 bits per heavy atom. The Bertz CT molecular complexity index is 106. The van der Waals surface area contributed by atoms with Crippen LogP contribution in [0.3, 0.4) is 0 Å². The van der Waals surface area contributed by atoms with Gasteiger partial charge < -0.3 is 20.8 Å². The normalized spacial score (nSPS) is 5.50. The van der Waals surface area contributed by atoms with Gasteiger partial charge in [-0.15, -0.1) is 0 Å². The average Bonchev–Trinajstić information content (AvgIpc) is 1.89. The molecule has 0 aliphatic carbocycles. The van der Waals surface area contributed by atoms with Crippen LogP contribution in [0.2, 0.25) is 0 Å². The van der Waals surface area contributed by atoms with E-state index in [1.807, 2.05) is 10.6 Å². The van der Waals surface area contributed by atoms with E-state index in [0.717, 1.165) is 0 Å². The second-order valence-electron chi connectivity index (χ2n) is 1.11. The summed E-state index contributed by atoms with van der Waals surface area (Å²) in [6.07, 6.45) is -1.99. The molecule has 1 radical (unpaired) electrons. The molecular weight excluding hydrogens is 241 g/mol. The molecule has 0 bridgehead atoms. The smallest absolute Gasteiger partial charge is 0.404 e. The van der Waals surface area contributed by atoms with Gasteiger partial charge in [-0.25, -0.2) is 9.59 Å². The molecule has 12 heavy (non-hydrogen) atoms. The van der Waals surface area contributed by atoms with Gasteiger partial charge in [0.1, 0.15) is 0 Å². The fourth-order valence-electron chi connectivity index (χ4n) is 0. The minimum Gasteiger partial charge on any atom is -0.465 e. The molecular formula is C5H14N2O4Y. The maximum atomic E-state index is 9.26. The maximum absolute atomic E-state index is 9.26. The molecule has 0 unspecified atom stereocenters. The molecule has 0 aliphatic rings. The van der Waals surface area contributed by atoms with Crippen LogP contribution in [0.25, 0.3) is 0 Å². The van der Waals surface area contributed by atoms with Crippen molar-refractivity contribution >= 4 is 12.2 Å². The van der Waals surface area contributed by atoms with E-state index in [0.29, 0.717) is 0 Å². The van der Waals surface area contributed by atoms with Gasteiger partial charge in [0.05, 0.1) is 0 Å². The topological polar surface area (TPSA) is 98.7 Å². The molecule has 7 heteroatoms. The van der Waals surface area contributed by atoms with Crippen LogP contribution in [0.5, 0.6) is 0 Å². The molecule has 0 aromatic rings. The van der Waals surface area contributed by atoms with Crippen molar-refractivity contribution in [2.24, 2.45) is 0 Å². The molecule has 2 amide bonds. The van der Waals surface area contributed by atoms with Gasteiger partial charge in [-0.3, -0.25) is 0 Å². The largest absolute Gasteiger partial charge is 0.465 e. The van der Waals surface area contributed by atoms with Crippen molar-refractivity contribution in [1.82, 2.24) is 10.6 Å². The first-order valence-corrected chi connectivity index (χ1v) is 2.36. The molecule has 0 spiro atoms. The summed E-state index contributed by atoms with van der Waals surface area (Å²) in [5.74, 6) is 0. The van der Waals surface area contributed by atoms with Gasteiger partial charge in [0.25, 0.3) is 0 Å². The number of carbonyl (C=O) groups is 2. The van der Waals surface area contributed by atoms with Crippen LogP contribution in [0.15, 0.2) is 0 Å². The summed E-state index contributed by atoms with van der Waals surface area (Å²) in [6, 6.07) is 0. The van der Waals surface area contributed by atoms with Crippen molar-refractivity contribution in [2.45, 2.75) is 7.43 Å². The number of hydrogen-bond donors (Lipinski definition) is 4. The second kappa shape index (κ2) is 16.9.